The number of carbonyl (C=O) groups is 1. The SMILES string of the molecule is CN(C)CC(C)(O)CNc1ncc(Br)cc1C(=O)O. The van der Waals surface area contributed by atoms with E-state index in [4.69, 9.17) is 5.11 Å². The van der Waals surface area contributed by atoms with Crippen molar-refractivity contribution in [3.05, 3.63) is 22.3 Å². The molecule has 19 heavy (non-hydrogen) atoms. The topological polar surface area (TPSA) is 85.7 Å². The maximum atomic E-state index is 11.1. The summed E-state index contributed by atoms with van der Waals surface area (Å²) >= 11 is 3.18. The molecule has 106 valence electrons. The number of nitrogens with one attached hydrogen (secondary N) is 1. The van der Waals surface area contributed by atoms with Crippen molar-refractivity contribution >= 4 is 27.7 Å². The summed E-state index contributed by atoms with van der Waals surface area (Å²) in [6.07, 6.45) is 1.51. The molecule has 0 radical (unpaired) electrons. The van der Waals surface area contributed by atoms with Crippen LogP contribution in [0.15, 0.2) is 16.7 Å². The predicted molar refractivity (Wildman–Crippen MR) is 76.6 cm³/mol. The summed E-state index contributed by atoms with van der Waals surface area (Å²) < 4.78 is 0.593. The van der Waals surface area contributed by atoms with Crippen molar-refractivity contribution < 1.29 is 15.0 Å². The second-order valence-corrected chi connectivity index (χ2v) is 5.86. The number of carboxylic acids is 1. The van der Waals surface area contributed by atoms with Crippen LogP contribution in [-0.4, -0.2) is 58.9 Å². The molecule has 1 heterocycles. The largest absolute Gasteiger partial charge is 0.478 e. The summed E-state index contributed by atoms with van der Waals surface area (Å²) in [5, 5.41) is 22.1. The summed E-state index contributed by atoms with van der Waals surface area (Å²) in [6, 6.07) is 1.47. The first kappa shape index (κ1) is 15.9. The molecule has 0 aliphatic heterocycles. The van der Waals surface area contributed by atoms with Crippen LogP contribution in [0.1, 0.15) is 17.3 Å². The Morgan fingerprint density at radius 3 is 2.74 bits per heavy atom. The summed E-state index contributed by atoms with van der Waals surface area (Å²) in [5.74, 6) is -0.821. The lowest BCUT2D eigenvalue weighted by Gasteiger charge is -2.27. The number of aliphatic hydroxyl groups is 1. The molecule has 0 saturated heterocycles. The first-order valence-electron chi connectivity index (χ1n) is 5.71. The minimum Gasteiger partial charge on any atom is -0.478 e. The highest BCUT2D eigenvalue weighted by molar-refractivity contribution is 9.10. The first-order chi connectivity index (χ1) is 8.71. The van der Waals surface area contributed by atoms with Gasteiger partial charge in [-0.25, -0.2) is 9.78 Å². The van der Waals surface area contributed by atoms with E-state index >= 15 is 0 Å². The number of carboxylic acid groups (broad SMARTS) is 1. The van der Waals surface area contributed by atoms with Gasteiger partial charge in [-0.15, -0.1) is 0 Å². The van der Waals surface area contributed by atoms with Crippen molar-refractivity contribution in [2.75, 3.05) is 32.5 Å². The molecule has 0 aromatic carbocycles. The summed E-state index contributed by atoms with van der Waals surface area (Å²) in [4.78, 5) is 17.0. The van der Waals surface area contributed by atoms with E-state index in [1.807, 2.05) is 19.0 Å². The number of hydrogen-bond donors (Lipinski definition) is 3. The molecule has 1 atom stereocenters. The Hall–Kier alpha value is -1.18. The summed E-state index contributed by atoms with van der Waals surface area (Å²) in [5.41, 5.74) is -0.913. The smallest absolute Gasteiger partial charge is 0.339 e. The van der Waals surface area contributed by atoms with Crippen molar-refractivity contribution in [1.29, 1.82) is 0 Å². The molecule has 1 unspecified atom stereocenters. The zero-order valence-corrected chi connectivity index (χ0v) is 12.7. The van der Waals surface area contributed by atoms with Crippen molar-refractivity contribution in [3.8, 4) is 0 Å². The van der Waals surface area contributed by atoms with Gasteiger partial charge in [-0.3, -0.25) is 0 Å². The zero-order chi connectivity index (χ0) is 14.6. The van der Waals surface area contributed by atoms with Gasteiger partial charge in [0.25, 0.3) is 0 Å². The maximum Gasteiger partial charge on any atom is 0.339 e. The normalized spacial score (nSPS) is 14.2. The summed E-state index contributed by atoms with van der Waals surface area (Å²) in [7, 11) is 3.71. The molecule has 1 aromatic heterocycles. The van der Waals surface area contributed by atoms with Gasteiger partial charge in [0.1, 0.15) is 11.4 Å². The van der Waals surface area contributed by atoms with Crippen LogP contribution in [0.4, 0.5) is 5.82 Å². The van der Waals surface area contributed by atoms with E-state index in [1.165, 1.54) is 12.3 Å². The predicted octanol–water partition coefficient (Wildman–Crippen LogP) is 1.27. The Kier molecular flexibility index (Phi) is 5.28. The van der Waals surface area contributed by atoms with Crippen LogP contribution in [0.3, 0.4) is 0 Å². The van der Waals surface area contributed by atoms with Crippen LogP contribution in [0.5, 0.6) is 0 Å². The fourth-order valence-electron chi connectivity index (χ4n) is 1.75. The number of likely N-dealkylation sites (N-methyl/N-ethyl adjacent to an activating group) is 1. The van der Waals surface area contributed by atoms with Gasteiger partial charge in [0.2, 0.25) is 0 Å². The molecule has 0 aliphatic carbocycles. The molecule has 0 fully saturated rings. The molecule has 3 N–H and O–H groups in total. The Balaban J connectivity index is 2.80. The average molecular weight is 332 g/mol. The number of aromatic carboxylic acids is 1. The monoisotopic (exact) mass is 331 g/mol. The van der Waals surface area contributed by atoms with E-state index < -0.39 is 11.6 Å². The minimum absolute atomic E-state index is 0.0648. The molecule has 6 nitrogen and oxygen atoms in total. The zero-order valence-electron chi connectivity index (χ0n) is 11.1. The molecule has 0 bridgehead atoms. The van der Waals surface area contributed by atoms with E-state index in [1.54, 1.807) is 6.92 Å². The Bertz CT molecular complexity index is 464. The lowest BCUT2D eigenvalue weighted by molar-refractivity contribution is 0.0457. The third-order valence-electron chi connectivity index (χ3n) is 2.38. The van der Waals surface area contributed by atoms with Gasteiger partial charge in [0.15, 0.2) is 0 Å². The van der Waals surface area contributed by atoms with Gasteiger partial charge in [0.05, 0.1) is 5.60 Å². The van der Waals surface area contributed by atoms with Crippen molar-refractivity contribution in [3.63, 3.8) is 0 Å². The average Bonchev–Trinajstić information content (AvgIpc) is 2.25. The molecule has 1 rings (SSSR count). The highest BCUT2D eigenvalue weighted by Gasteiger charge is 2.22. The third-order valence-corrected chi connectivity index (χ3v) is 2.81. The molecular weight excluding hydrogens is 314 g/mol. The third kappa shape index (κ3) is 5.14. The second-order valence-electron chi connectivity index (χ2n) is 4.94. The van der Waals surface area contributed by atoms with Crippen LogP contribution in [-0.2, 0) is 0 Å². The van der Waals surface area contributed by atoms with E-state index in [2.05, 4.69) is 26.2 Å². The van der Waals surface area contributed by atoms with Gasteiger partial charge in [-0.2, -0.15) is 0 Å². The highest BCUT2D eigenvalue weighted by Crippen LogP contribution is 2.19. The van der Waals surface area contributed by atoms with E-state index in [9.17, 15) is 9.90 Å². The first-order valence-corrected chi connectivity index (χ1v) is 6.50. The number of hydrogen-bond acceptors (Lipinski definition) is 5. The molecule has 0 amide bonds. The van der Waals surface area contributed by atoms with Gasteiger partial charge in [0, 0.05) is 23.8 Å². The van der Waals surface area contributed by atoms with Crippen LogP contribution in [0.25, 0.3) is 0 Å². The molecule has 7 heteroatoms. The van der Waals surface area contributed by atoms with Crippen molar-refractivity contribution in [2.24, 2.45) is 0 Å². The van der Waals surface area contributed by atoms with Crippen molar-refractivity contribution in [2.45, 2.75) is 12.5 Å². The Morgan fingerprint density at radius 2 is 2.21 bits per heavy atom. The van der Waals surface area contributed by atoms with E-state index in [0.717, 1.165) is 0 Å². The quantitative estimate of drug-likeness (QED) is 0.727. The van der Waals surface area contributed by atoms with Crippen LogP contribution in [0, 0.1) is 0 Å². The Morgan fingerprint density at radius 1 is 1.58 bits per heavy atom. The molecular formula is C12H18BrN3O3. The fourth-order valence-corrected chi connectivity index (χ4v) is 2.09. The molecule has 0 aliphatic rings. The second kappa shape index (κ2) is 6.31. The molecule has 0 saturated carbocycles. The Labute approximate surface area is 120 Å². The number of pyridine rings is 1. The number of halogens is 1. The number of anilines is 1. The van der Waals surface area contributed by atoms with Gasteiger partial charge in [-0.05, 0) is 43.0 Å². The van der Waals surface area contributed by atoms with E-state index in [-0.39, 0.29) is 17.9 Å². The standard InChI is InChI=1S/C12H18BrN3O3/c1-12(19,7-16(2)3)6-15-10-9(11(17)18)4-8(13)5-14-10/h4-5,19H,6-7H2,1-3H3,(H,14,15)(H,17,18). The van der Waals surface area contributed by atoms with Crippen LogP contribution in [0.2, 0.25) is 0 Å². The van der Waals surface area contributed by atoms with E-state index in [0.29, 0.717) is 11.0 Å². The lowest BCUT2D eigenvalue weighted by Crippen LogP contribution is -2.43. The fraction of sp³-hybridized carbons (Fsp3) is 0.500. The molecule has 1 aromatic rings. The molecule has 0 spiro atoms. The highest BCUT2D eigenvalue weighted by atomic mass is 79.9. The van der Waals surface area contributed by atoms with Gasteiger partial charge < -0.3 is 20.4 Å². The van der Waals surface area contributed by atoms with Crippen LogP contribution < -0.4 is 5.32 Å². The van der Waals surface area contributed by atoms with Gasteiger partial charge >= 0.3 is 5.97 Å². The number of aromatic nitrogens is 1. The minimum atomic E-state index is -1.07. The number of nitrogens with zero attached hydrogens (tertiary/aromatic N) is 2. The van der Waals surface area contributed by atoms with Crippen LogP contribution >= 0.6 is 15.9 Å². The number of rotatable bonds is 6. The van der Waals surface area contributed by atoms with Gasteiger partial charge in [-0.1, -0.05) is 0 Å². The van der Waals surface area contributed by atoms with Crippen molar-refractivity contribution in [1.82, 2.24) is 9.88 Å². The maximum absolute atomic E-state index is 11.1. The summed E-state index contributed by atoms with van der Waals surface area (Å²) in [6.45, 7) is 2.35. The lowest BCUT2D eigenvalue weighted by atomic mass is 10.1.